The van der Waals surface area contributed by atoms with Crippen LogP contribution in [0.3, 0.4) is 0 Å². The first kappa shape index (κ1) is 15.5. The average molecular weight is 287 g/mol. The lowest BCUT2D eigenvalue weighted by Gasteiger charge is -2.18. The normalized spacial score (nSPS) is 12.2. The van der Waals surface area contributed by atoms with Gasteiger partial charge in [0.2, 0.25) is 0 Å². The van der Waals surface area contributed by atoms with Crippen molar-refractivity contribution < 1.29 is 9.13 Å². The van der Waals surface area contributed by atoms with Crippen LogP contribution in [0.5, 0.6) is 5.75 Å². The van der Waals surface area contributed by atoms with Gasteiger partial charge in [-0.05, 0) is 48.7 Å². The maximum Gasteiger partial charge on any atom is 0.165 e. The van der Waals surface area contributed by atoms with Crippen LogP contribution in [0.2, 0.25) is 0 Å². The molecule has 2 rings (SSSR count). The van der Waals surface area contributed by atoms with E-state index in [0.717, 1.165) is 18.4 Å². The van der Waals surface area contributed by atoms with Crippen molar-refractivity contribution in [3.63, 3.8) is 0 Å². The Labute approximate surface area is 126 Å². The van der Waals surface area contributed by atoms with Crippen LogP contribution in [0.4, 0.5) is 4.39 Å². The minimum Gasteiger partial charge on any atom is -0.494 e. The van der Waals surface area contributed by atoms with Gasteiger partial charge in [-0.2, -0.15) is 0 Å². The summed E-state index contributed by atoms with van der Waals surface area (Å²) in [4.78, 5) is 0. The molecule has 2 aromatic rings. The lowest BCUT2D eigenvalue weighted by Crippen LogP contribution is -2.19. The van der Waals surface area contributed by atoms with E-state index in [9.17, 15) is 4.39 Å². The van der Waals surface area contributed by atoms with Crippen molar-refractivity contribution in [2.45, 2.75) is 25.8 Å². The number of methoxy groups -OCH3 is 1. The molecule has 2 nitrogen and oxygen atoms in total. The van der Waals surface area contributed by atoms with Crippen LogP contribution in [-0.4, -0.2) is 14.2 Å². The van der Waals surface area contributed by atoms with Crippen molar-refractivity contribution in [2.24, 2.45) is 0 Å². The fraction of sp³-hybridized carbons (Fsp3) is 0.333. The summed E-state index contributed by atoms with van der Waals surface area (Å²) in [6.07, 6.45) is 1.90. The Morgan fingerprint density at radius 3 is 2.33 bits per heavy atom. The SMILES string of the molecule is CCc1ccc(CC(NC)c2ccc(F)c(OC)c2)cc1. The average Bonchev–Trinajstić information content (AvgIpc) is 2.54. The number of benzene rings is 2. The third-order valence-corrected chi connectivity index (χ3v) is 3.80. The molecule has 1 N–H and O–H groups in total. The van der Waals surface area contributed by atoms with E-state index >= 15 is 0 Å². The highest BCUT2D eigenvalue weighted by atomic mass is 19.1. The van der Waals surface area contributed by atoms with Gasteiger partial charge >= 0.3 is 0 Å². The zero-order chi connectivity index (χ0) is 15.2. The summed E-state index contributed by atoms with van der Waals surface area (Å²) in [7, 11) is 3.40. The number of hydrogen-bond acceptors (Lipinski definition) is 2. The molecule has 1 unspecified atom stereocenters. The molecular weight excluding hydrogens is 265 g/mol. The van der Waals surface area contributed by atoms with Gasteiger partial charge in [-0.3, -0.25) is 0 Å². The standard InChI is InChI=1S/C18H22FNO/c1-4-13-5-7-14(8-6-13)11-17(20-2)15-9-10-16(19)18(12-15)21-3/h5-10,12,17,20H,4,11H2,1-3H3. The fourth-order valence-electron chi connectivity index (χ4n) is 2.43. The van der Waals surface area contributed by atoms with E-state index in [2.05, 4.69) is 36.5 Å². The molecule has 0 amide bonds. The second kappa shape index (κ2) is 7.23. The first-order valence-electron chi connectivity index (χ1n) is 7.26. The number of halogens is 1. The molecule has 0 fully saturated rings. The van der Waals surface area contributed by atoms with Crippen LogP contribution in [0.15, 0.2) is 42.5 Å². The minimum atomic E-state index is -0.330. The maximum absolute atomic E-state index is 13.5. The molecule has 0 aliphatic carbocycles. The number of nitrogens with one attached hydrogen (secondary N) is 1. The Balaban J connectivity index is 2.18. The molecule has 21 heavy (non-hydrogen) atoms. The van der Waals surface area contributed by atoms with Gasteiger partial charge in [-0.1, -0.05) is 37.3 Å². The molecular formula is C18H22FNO. The molecule has 0 saturated carbocycles. The van der Waals surface area contributed by atoms with E-state index in [4.69, 9.17) is 4.74 Å². The summed E-state index contributed by atoms with van der Waals surface area (Å²) in [5, 5.41) is 3.29. The zero-order valence-electron chi connectivity index (χ0n) is 12.8. The van der Waals surface area contributed by atoms with Gasteiger partial charge in [0.25, 0.3) is 0 Å². The third kappa shape index (κ3) is 3.82. The smallest absolute Gasteiger partial charge is 0.165 e. The summed E-state index contributed by atoms with van der Waals surface area (Å²) in [6, 6.07) is 13.8. The first-order chi connectivity index (χ1) is 10.2. The largest absolute Gasteiger partial charge is 0.494 e. The van der Waals surface area contributed by atoms with Gasteiger partial charge in [-0.15, -0.1) is 0 Å². The number of aryl methyl sites for hydroxylation is 1. The van der Waals surface area contributed by atoms with Gasteiger partial charge in [0.1, 0.15) is 0 Å². The number of rotatable bonds is 6. The van der Waals surface area contributed by atoms with Crippen molar-refractivity contribution in [1.82, 2.24) is 5.32 Å². The Kier molecular flexibility index (Phi) is 5.34. The van der Waals surface area contributed by atoms with Gasteiger partial charge in [0, 0.05) is 6.04 Å². The topological polar surface area (TPSA) is 21.3 Å². The molecule has 1 atom stereocenters. The van der Waals surface area contributed by atoms with Crippen LogP contribution in [-0.2, 0) is 12.8 Å². The molecule has 0 heterocycles. The van der Waals surface area contributed by atoms with E-state index in [-0.39, 0.29) is 17.6 Å². The van der Waals surface area contributed by atoms with E-state index in [1.54, 1.807) is 12.1 Å². The second-order valence-corrected chi connectivity index (χ2v) is 5.11. The molecule has 0 aliphatic rings. The predicted octanol–water partition coefficient (Wildman–Crippen LogP) is 3.90. The van der Waals surface area contributed by atoms with Crippen LogP contribution in [0.25, 0.3) is 0 Å². The summed E-state index contributed by atoms with van der Waals surface area (Å²) in [6.45, 7) is 2.15. The molecule has 0 bridgehead atoms. The van der Waals surface area contributed by atoms with Gasteiger partial charge in [0.05, 0.1) is 7.11 Å². The van der Waals surface area contributed by atoms with Crippen LogP contribution in [0, 0.1) is 5.82 Å². The first-order valence-corrected chi connectivity index (χ1v) is 7.26. The Morgan fingerprint density at radius 2 is 1.76 bits per heavy atom. The maximum atomic E-state index is 13.5. The molecule has 2 aromatic carbocycles. The number of ether oxygens (including phenoxy) is 1. The van der Waals surface area contributed by atoms with Crippen molar-refractivity contribution in [3.05, 3.63) is 65.0 Å². The lowest BCUT2D eigenvalue weighted by atomic mass is 9.97. The zero-order valence-corrected chi connectivity index (χ0v) is 12.8. The van der Waals surface area contributed by atoms with E-state index in [1.165, 1.54) is 24.3 Å². The molecule has 0 saturated heterocycles. The number of hydrogen-bond donors (Lipinski definition) is 1. The molecule has 0 aliphatic heterocycles. The van der Waals surface area contributed by atoms with Crippen molar-refractivity contribution >= 4 is 0 Å². The Morgan fingerprint density at radius 1 is 1.10 bits per heavy atom. The minimum absolute atomic E-state index is 0.131. The van der Waals surface area contributed by atoms with Gasteiger partial charge in [-0.25, -0.2) is 4.39 Å². The van der Waals surface area contributed by atoms with Gasteiger partial charge in [0.15, 0.2) is 11.6 Å². The summed E-state index contributed by atoms with van der Waals surface area (Å²) in [5.41, 5.74) is 3.62. The molecule has 112 valence electrons. The fourth-order valence-corrected chi connectivity index (χ4v) is 2.43. The summed E-state index contributed by atoms with van der Waals surface area (Å²) in [5.74, 6) is -0.0440. The summed E-state index contributed by atoms with van der Waals surface area (Å²) >= 11 is 0. The van der Waals surface area contributed by atoms with Crippen molar-refractivity contribution in [2.75, 3.05) is 14.2 Å². The summed E-state index contributed by atoms with van der Waals surface area (Å²) < 4.78 is 18.6. The van der Waals surface area contributed by atoms with E-state index in [0.29, 0.717) is 0 Å². The highest BCUT2D eigenvalue weighted by Gasteiger charge is 2.13. The quantitative estimate of drug-likeness (QED) is 0.870. The van der Waals surface area contributed by atoms with Crippen molar-refractivity contribution in [3.8, 4) is 5.75 Å². The van der Waals surface area contributed by atoms with E-state index in [1.807, 2.05) is 7.05 Å². The molecule has 0 radical (unpaired) electrons. The second-order valence-electron chi connectivity index (χ2n) is 5.11. The highest BCUT2D eigenvalue weighted by Crippen LogP contribution is 2.25. The monoisotopic (exact) mass is 287 g/mol. The Hall–Kier alpha value is -1.87. The van der Waals surface area contributed by atoms with Crippen molar-refractivity contribution in [1.29, 1.82) is 0 Å². The molecule has 0 spiro atoms. The predicted molar refractivity (Wildman–Crippen MR) is 84.3 cm³/mol. The Bertz CT molecular complexity index is 580. The highest BCUT2D eigenvalue weighted by molar-refractivity contribution is 5.33. The van der Waals surface area contributed by atoms with Gasteiger partial charge < -0.3 is 10.1 Å². The van der Waals surface area contributed by atoms with E-state index < -0.39 is 0 Å². The van der Waals surface area contributed by atoms with Crippen LogP contribution in [0.1, 0.15) is 29.7 Å². The number of likely N-dealkylation sites (N-methyl/N-ethyl adjacent to an activating group) is 1. The molecule has 0 aromatic heterocycles. The van der Waals surface area contributed by atoms with Crippen LogP contribution < -0.4 is 10.1 Å². The molecule has 3 heteroatoms. The van der Waals surface area contributed by atoms with Crippen LogP contribution >= 0.6 is 0 Å². The third-order valence-electron chi connectivity index (χ3n) is 3.80. The lowest BCUT2D eigenvalue weighted by molar-refractivity contribution is 0.385.